The summed E-state index contributed by atoms with van der Waals surface area (Å²) >= 11 is 3.56. The molecule has 1 N–H and O–H groups in total. The van der Waals surface area contributed by atoms with Crippen LogP contribution in [0.1, 0.15) is 19.3 Å². The van der Waals surface area contributed by atoms with Crippen LogP contribution >= 0.6 is 15.9 Å². The first kappa shape index (κ1) is 6.17. The molecule has 0 aromatic heterocycles. The molecule has 0 aromatic rings. The third kappa shape index (κ3) is 0.838. The summed E-state index contributed by atoms with van der Waals surface area (Å²) in [6, 6.07) is 0. The Morgan fingerprint density at radius 3 is 2.67 bits per heavy atom. The first-order chi connectivity index (χ1) is 4.30. The van der Waals surface area contributed by atoms with Crippen molar-refractivity contribution in [2.45, 2.75) is 30.2 Å². The van der Waals surface area contributed by atoms with Crippen molar-refractivity contribution >= 4 is 15.9 Å². The number of aliphatic hydroxyl groups is 1. The molecule has 2 saturated carbocycles. The molecule has 2 heteroatoms. The van der Waals surface area contributed by atoms with E-state index in [0.717, 1.165) is 12.3 Å². The van der Waals surface area contributed by atoms with Gasteiger partial charge in [-0.2, -0.15) is 0 Å². The van der Waals surface area contributed by atoms with Crippen molar-refractivity contribution in [2.75, 3.05) is 0 Å². The largest absolute Gasteiger partial charge is 0.393 e. The molecule has 2 aliphatic carbocycles. The average molecular weight is 191 g/mol. The molecule has 0 aliphatic heterocycles. The van der Waals surface area contributed by atoms with Gasteiger partial charge in [0.05, 0.1) is 6.10 Å². The minimum atomic E-state index is 0.00752. The number of aliphatic hydroxyl groups excluding tert-OH is 1. The quantitative estimate of drug-likeness (QED) is 0.576. The first-order valence-corrected chi connectivity index (χ1v) is 4.54. The van der Waals surface area contributed by atoms with Crippen LogP contribution in [-0.4, -0.2) is 16.0 Å². The van der Waals surface area contributed by atoms with Gasteiger partial charge in [0.1, 0.15) is 0 Å². The van der Waals surface area contributed by atoms with Gasteiger partial charge in [-0.1, -0.05) is 22.4 Å². The van der Waals surface area contributed by atoms with Gasteiger partial charge in [-0.3, -0.25) is 0 Å². The standard InChI is InChI=1S/C7H11BrO/c8-7-4-2-1-3-5(9)6(4)7/h4-7,9H,1-3H2/t4-,5-,6-,7-/m1/s1. The van der Waals surface area contributed by atoms with Gasteiger partial charge in [0.15, 0.2) is 0 Å². The summed E-state index contributed by atoms with van der Waals surface area (Å²) in [5, 5.41) is 9.36. The summed E-state index contributed by atoms with van der Waals surface area (Å²) in [4.78, 5) is 0.648. The van der Waals surface area contributed by atoms with Crippen LogP contribution in [-0.2, 0) is 0 Å². The third-order valence-electron chi connectivity index (χ3n) is 2.61. The molecule has 4 atom stereocenters. The van der Waals surface area contributed by atoms with Gasteiger partial charge < -0.3 is 5.11 Å². The van der Waals surface area contributed by atoms with Gasteiger partial charge in [-0.05, 0) is 18.8 Å². The molecular formula is C7H11BrO. The monoisotopic (exact) mass is 190 g/mol. The van der Waals surface area contributed by atoms with Gasteiger partial charge in [0.2, 0.25) is 0 Å². The van der Waals surface area contributed by atoms with Crippen molar-refractivity contribution in [1.82, 2.24) is 0 Å². The second-order valence-corrected chi connectivity index (χ2v) is 4.24. The zero-order chi connectivity index (χ0) is 6.43. The molecule has 0 amide bonds. The molecule has 0 aromatic carbocycles. The van der Waals surface area contributed by atoms with Crippen LogP contribution < -0.4 is 0 Å². The number of hydrogen-bond acceptors (Lipinski definition) is 1. The second-order valence-electron chi connectivity index (χ2n) is 3.18. The Morgan fingerprint density at radius 1 is 1.33 bits per heavy atom. The fourth-order valence-electron chi connectivity index (χ4n) is 1.96. The lowest BCUT2D eigenvalue weighted by Gasteiger charge is -2.13. The average Bonchev–Trinajstić information content (AvgIpc) is 2.45. The molecular weight excluding hydrogens is 180 g/mol. The molecule has 2 aliphatic rings. The molecule has 1 nitrogen and oxygen atoms in total. The summed E-state index contributed by atoms with van der Waals surface area (Å²) in [5.74, 6) is 1.42. The van der Waals surface area contributed by atoms with Crippen molar-refractivity contribution in [1.29, 1.82) is 0 Å². The van der Waals surface area contributed by atoms with Crippen LogP contribution in [0.4, 0.5) is 0 Å². The highest BCUT2D eigenvalue weighted by Crippen LogP contribution is 2.54. The fourth-order valence-corrected chi connectivity index (χ4v) is 3.15. The van der Waals surface area contributed by atoms with Gasteiger partial charge in [-0.15, -0.1) is 0 Å². The molecule has 0 spiro atoms. The van der Waals surface area contributed by atoms with E-state index in [2.05, 4.69) is 15.9 Å². The van der Waals surface area contributed by atoms with Crippen LogP contribution in [0.2, 0.25) is 0 Å². The Kier molecular flexibility index (Phi) is 1.34. The molecule has 0 saturated heterocycles. The van der Waals surface area contributed by atoms with Crippen LogP contribution in [0.25, 0.3) is 0 Å². The maximum atomic E-state index is 9.36. The van der Waals surface area contributed by atoms with Gasteiger partial charge in [0.25, 0.3) is 0 Å². The van der Waals surface area contributed by atoms with E-state index in [4.69, 9.17) is 0 Å². The topological polar surface area (TPSA) is 20.2 Å². The highest BCUT2D eigenvalue weighted by molar-refractivity contribution is 9.09. The molecule has 9 heavy (non-hydrogen) atoms. The van der Waals surface area contributed by atoms with Crippen molar-refractivity contribution in [3.63, 3.8) is 0 Å². The molecule has 0 bridgehead atoms. The van der Waals surface area contributed by atoms with E-state index in [9.17, 15) is 5.11 Å². The fraction of sp³-hybridized carbons (Fsp3) is 1.00. The van der Waals surface area contributed by atoms with E-state index in [1.807, 2.05) is 0 Å². The smallest absolute Gasteiger partial charge is 0.0582 e. The molecule has 0 radical (unpaired) electrons. The SMILES string of the molecule is O[C@@H]1CCC[C@H]2[C@@H](Br)[C@H]21. The second kappa shape index (κ2) is 1.96. The zero-order valence-corrected chi connectivity index (χ0v) is 6.84. The predicted octanol–water partition coefficient (Wildman–Crippen LogP) is 1.54. The van der Waals surface area contributed by atoms with Crippen molar-refractivity contribution < 1.29 is 5.11 Å². The van der Waals surface area contributed by atoms with E-state index in [1.54, 1.807) is 0 Å². The lowest BCUT2D eigenvalue weighted by Crippen LogP contribution is -2.14. The van der Waals surface area contributed by atoms with Gasteiger partial charge >= 0.3 is 0 Å². The van der Waals surface area contributed by atoms with Crippen molar-refractivity contribution in [3.05, 3.63) is 0 Å². The summed E-state index contributed by atoms with van der Waals surface area (Å²) < 4.78 is 0. The minimum absolute atomic E-state index is 0.00752. The van der Waals surface area contributed by atoms with Crippen molar-refractivity contribution in [3.8, 4) is 0 Å². The van der Waals surface area contributed by atoms with E-state index in [-0.39, 0.29) is 6.10 Å². The Morgan fingerprint density at radius 2 is 2.11 bits per heavy atom. The molecule has 0 heterocycles. The molecule has 0 unspecified atom stereocenters. The Hall–Kier alpha value is 0.440. The summed E-state index contributed by atoms with van der Waals surface area (Å²) in [6.45, 7) is 0. The summed E-state index contributed by atoms with van der Waals surface area (Å²) in [7, 11) is 0. The lowest BCUT2D eigenvalue weighted by molar-refractivity contribution is 0.116. The normalized spacial score (nSPS) is 56.7. The highest BCUT2D eigenvalue weighted by atomic mass is 79.9. The molecule has 2 rings (SSSR count). The maximum absolute atomic E-state index is 9.36. The number of fused-ring (bicyclic) bond motifs is 1. The Bertz CT molecular complexity index is 120. The van der Waals surface area contributed by atoms with E-state index < -0.39 is 0 Å². The van der Waals surface area contributed by atoms with Gasteiger partial charge in [-0.25, -0.2) is 0 Å². The van der Waals surface area contributed by atoms with Gasteiger partial charge in [0, 0.05) is 10.7 Å². The van der Waals surface area contributed by atoms with Crippen molar-refractivity contribution in [2.24, 2.45) is 11.8 Å². The molecule has 52 valence electrons. The molecule has 2 fully saturated rings. The Balaban J connectivity index is 2.02. The number of halogens is 1. The Labute approximate surface area is 63.6 Å². The number of alkyl halides is 1. The lowest BCUT2D eigenvalue weighted by atomic mass is 9.98. The van der Waals surface area contributed by atoms with E-state index in [0.29, 0.717) is 10.7 Å². The third-order valence-corrected chi connectivity index (χ3v) is 3.90. The van der Waals surface area contributed by atoms with E-state index >= 15 is 0 Å². The van der Waals surface area contributed by atoms with Crippen LogP contribution in [0.15, 0.2) is 0 Å². The summed E-state index contributed by atoms with van der Waals surface area (Å²) in [6.07, 6.45) is 3.60. The number of hydrogen-bond donors (Lipinski definition) is 1. The van der Waals surface area contributed by atoms with Crippen LogP contribution in [0.3, 0.4) is 0 Å². The predicted molar refractivity (Wildman–Crippen MR) is 39.6 cm³/mol. The van der Waals surface area contributed by atoms with Crippen LogP contribution in [0.5, 0.6) is 0 Å². The summed E-state index contributed by atoms with van der Waals surface area (Å²) in [5.41, 5.74) is 0. The highest BCUT2D eigenvalue weighted by Gasteiger charge is 2.53. The zero-order valence-electron chi connectivity index (χ0n) is 5.26. The first-order valence-electron chi connectivity index (χ1n) is 3.63. The van der Waals surface area contributed by atoms with Crippen LogP contribution in [0, 0.1) is 11.8 Å². The maximum Gasteiger partial charge on any atom is 0.0582 e. The minimum Gasteiger partial charge on any atom is -0.393 e. The number of rotatable bonds is 0. The van der Waals surface area contributed by atoms with E-state index in [1.165, 1.54) is 12.8 Å².